The van der Waals surface area contributed by atoms with Gasteiger partial charge in [0.25, 0.3) is 5.91 Å². The van der Waals surface area contributed by atoms with Crippen molar-refractivity contribution in [3.05, 3.63) is 131 Å². The summed E-state index contributed by atoms with van der Waals surface area (Å²) < 4.78 is 38.9. The molecule has 4 aromatic rings. The van der Waals surface area contributed by atoms with Gasteiger partial charge >= 0.3 is 6.18 Å². The topological polar surface area (TPSA) is 61.7 Å². The summed E-state index contributed by atoms with van der Waals surface area (Å²) in [5, 5.41) is 0. The summed E-state index contributed by atoms with van der Waals surface area (Å²) in [5.74, 6) is 0.667. The number of carbonyl (C=O) groups is 1. The van der Waals surface area contributed by atoms with E-state index in [1.807, 2.05) is 66.7 Å². The minimum atomic E-state index is -4.32. The molecule has 0 saturated carbocycles. The van der Waals surface area contributed by atoms with Crippen LogP contribution in [0.5, 0.6) is 0 Å². The zero-order chi connectivity index (χ0) is 29.9. The number of halogens is 3. The van der Waals surface area contributed by atoms with E-state index in [-0.39, 0.29) is 11.8 Å². The Morgan fingerprint density at radius 1 is 0.767 bits per heavy atom. The predicted octanol–water partition coefficient (Wildman–Crippen LogP) is 6.30. The molecular weight excluding hydrogens is 551 g/mol. The summed E-state index contributed by atoms with van der Waals surface area (Å²) >= 11 is 0. The number of hydrogen-bond donors (Lipinski definition) is 0. The van der Waals surface area contributed by atoms with Gasteiger partial charge in [0.05, 0.1) is 17.0 Å². The molecule has 0 spiro atoms. The summed E-state index contributed by atoms with van der Waals surface area (Å²) in [4.78, 5) is 32.8. The number of aromatic nitrogens is 2. The fourth-order valence-corrected chi connectivity index (χ4v) is 6.08. The van der Waals surface area contributed by atoms with Crippen LogP contribution in [0.2, 0.25) is 0 Å². The fourth-order valence-electron chi connectivity index (χ4n) is 6.08. The normalized spacial score (nSPS) is 17.7. The number of carbonyl (C=O) groups excluding carboxylic acids is 1. The third-order valence-corrected chi connectivity index (χ3v) is 8.34. The van der Waals surface area contributed by atoms with Crippen molar-refractivity contribution in [2.45, 2.75) is 36.9 Å². The summed E-state index contributed by atoms with van der Waals surface area (Å²) in [6, 6.07) is 26.3. The number of rotatable bonds is 8. The van der Waals surface area contributed by atoms with Crippen LogP contribution >= 0.6 is 0 Å². The maximum Gasteiger partial charge on any atom is 0.416 e. The van der Waals surface area contributed by atoms with Crippen LogP contribution in [0.15, 0.2) is 108 Å². The number of alkyl halides is 3. The Morgan fingerprint density at radius 2 is 1.37 bits per heavy atom. The van der Waals surface area contributed by atoms with Crippen molar-refractivity contribution >= 4 is 11.7 Å². The van der Waals surface area contributed by atoms with E-state index in [4.69, 9.17) is 4.99 Å². The van der Waals surface area contributed by atoms with Gasteiger partial charge in [-0.3, -0.25) is 19.7 Å². The fraction of sp³-hybridized carbons (Fsp3) is 0.294. The average Bonchev–Trinajstić information content (AvgIpc) is 3.35. The van der Waals surface area contributed by atoms with Crippen LogP contribution in [0.3, 0.4) is 0 Å². The summed E-state index contributed by atoms with van der Waals surface area (Å²) in [7, 11) is 0. The van der Waals surface area contributed by atoms with Crippen molar-refractivity contribution in [1.82, 2.24) is 19.8 Å². The first-order valence-electron chi connectivity index (χ1n) is 14.6. The molecule has 6 nitrogen and oxygen atoms in total. The number of likely N-dealkylation sites (tertiary alicyclic amines) is 1. The second kappa shape index (κ2) is 12.1. The lowest BCUT2D eigenvalue weighted by Gasteiger charge is -2.33. The molecule has 2 aliphatic heterocycles. The Balaban J connectivity index is 1.17. The van der Waals surface area contributed by atoms with Gasteiger partial charge in [-0.15, -0.1) is 0 Å². The number of benzene rings is 2. The molecule has 0 N–H and O–H groups in total. The van der Waals surface area contributed by atoms with Crippen LogP contribution in [0.4, 0.5) is 13.2 Å². The maximum absolute atomic E-state index is 14.4. The summed E-state index contributed by atoms with van der Waals surface area (Å²) in [6.07, 6.45) is 1.52. The van der Waals surface area contributed by atoms with Crippen LogP contribution in [0.25, 0.3) is 0 Å². The van der Waals surface area contributed by atoms with Crippen LogP contribution < -0.4 is 0 Å². The van der Waals surface area contributed by atoms with Gasteiger partial charge in [-0.25, -0.2) is 4.99 Å². The van der Waals surface area contributed by atoms with Gasteiger partial charge in [0.2, 0.25) is 5.54 Å². The highest BCUT2D eigenvalue weighted by Gasteiger charge is 2.53. The van der Waals surface area contributed by atoms with Gasteiger partial charge in [0.1, 0.15) is 5.84 Å². The summed E-state index contributed by atoms with van der Waals surface area (Å²) in [6.45, 7) is 2.98. The molecule has 9 heteroatoms. The van der Waals surface area contributed by atoms with Crippen LogP contribution in [0, 0.1) is 0 Å². The molecule has 1 saturated heterocycles. The molecule has 6 rings (SSSR count). The molecular formula is C34H32F3N5O. The van der Waals surface area contributed by atoms with Gasteiger partial charge < -0.3 is 4.90 Å². The number of pyridine rings is 2. The standard InChI is InChI=1S/C34H32F3N5O/c35-34(36,37)28-15-13-25(14-16-28)26-17-23-41(24-18-26)21-8-22-42-31(27-9-2-1-3-10-27)40-33(32(42)43,29-11-4-6-19-38-29)30-12-5-7-20-39-30/h1-7,9-16,19-20,26H,8,17-18,21-24H2. The lowest BCUT2D eigenvalue weighted by Crippen LogP contribution is -2.44. The Kier molecular flexibility index (Phi) is 8.08. The van der Waals surface area contributed by atoms with Crippen molar-refractivity contribution < 1.29 is 18.0 Å². The molecule has 2 aliphatic rings. The van der Waals surface area contributed by atoms with Gasteiger partial charge in [0.15, 0.2) is 0 Å². The number of amides is 1. The van der Waals surface area contributed by atoms with E-state index in [0.717, 1.165) is 50.0 Å². The molecule has 1 amide bonds. The van der Waals surface area contributed by atoms with Crippen molar-refractivity contribution in [3.63, 3.8) is 0 Å². The minimum Gasteiger partial charge on any atom is -0.303 e. The number of hydrogen-bond acceptors (Lipinski definition) is 5. The Hall–Kier alpha value is -4.37. The number of aliphatic imine (C=N–C) groups is 1. The molecule has 4 heterocycles. The molecule has 1 fully saturated rings. The lowest BCUT2D eigenvalue weighted by atomic mass is 9.89. The molecule has 0 unspecified atom stereocenters. The van der Waals surface area contributed by atoms with Crippen molar-refractivity contribution in [2.24, 2.45) is 4.99 Å². The smallest absolute Gasteiger partial charge is 0.303 e. The molecule has 2 aromatic heterocycles. The van der Waals surface area contributed by atoms with Crippen LogP contribution in [-0.4, -0.2) is 57.7 Å². The van der Waals surface area contributed by atoms with Crippen LogP contribution in [-0.2, 0) is 16.5 Å². The van der Waals surface area contributed by atoms with E-state index in [9.17, 15) is 18.0 Å². The second-order valence-corrected chi connectivity index (χ2v) is 11.0. The Bertz CT molecular complexity index is 1510. The zero-order valence-corrected chi connectivity index (χ0v) is 23.6. The lowest BCUT2D eigenvalue weighted by molar-refractivity contribution is -0.137. The average molecular weight is 584 g/mol. The first kappa shape index (κ1) is 28.7. The monoisotopic (exact) mass is 583 g/mol. The number of amidine groups is 1. The van der Waals surface area contributed by atoms with E-state index in [1.165, 1.54) is 12.1 Å². The molecule has 0 bridgehead atoms. The zero-order valence-electron chi connectivity index (χ0n) is 23.6. The van der Waals surface area contributed by atoms with E-state index in [1.54, 1.807) is 29.4 Å². The molecule has 0 radical (unpaired) electrons. The van der Waals surface area contributed by atoms with Gasteiger partial charge in [-0.1, -0.05) is 54.6 Å². The highest BCUT2D eigenvalue weighted by Crippen LogP contribution is 2.39. The molecule has 2 aromatic carbocycles. The first-order valence-corrected chi connectivity index (χ1v) is 14.6. The van der Waals surface area contributed by atoms with Crippen molar-refractivity contribution in [1.29, 1.82) is 0 Å². The Morgan fingerprint density at radius 3 is 1.93 bits per heavy atom. The first-order chi connectivity index (χ1) is 20.9. The van der Waals surface area contributed by atoms with Crippen molar-refractivity contribution in [2.75, 3.05) is 26.2 Å². The van der Waals surface area contributed by atoms with Gasteiger partial charge in [0, 0.05) is 24.5 Å². The molecule has 43 heavy (non-hydrogen) atoms. The van der Waals surface area contributed by atoms with E-state index < -0.39 is 17.3 Å². The second-order valence-electron chi connectivity index (χ2n) is 11.0. The highest BCUT2D eigenvalue weighted by atomic mass is 19.4. The van der Waals surface area contributed by atoms with E-state index in [0.29, 0.717) is 23.8 Å². The quantitative estimate of drug-likeness (QED) is 0.244. The van der Waals surface area contributed by atoms with Crippen LogP contribution in [0.1, 0.15) is 53.3 Å². The highest BCUT2D eigenvalue weighted by molar-refractivity contribution is 6.16. The largest absolute Gasteiger partial charge is 0.416 e. The molecule has 220 valence electrons. The van der Waals surface area contributed by atoms with Crippen molar-refractivity contribution in [3.8, 4) is 0 Å². The molecule has 0 aliphatic carbocycles. The predicted molar refractivity (Wildman–Crippen MR) is 158 cm³/mol. The number of piperidine rings is 1. The van der Waals surface area contributed by atoms with Gasteiger partial charge in [-0.2, -0.15) is 13.2 Å². The number of nitrogens with zero attached hydrogens (tertiary/aromatic N) is 5. The Labute approximate surface area is 248 Å². The van der Waals surface area contributed by atoms with E-state index in [2.05, 4.69) is 14.9 Å². The minimum absolute atomic E-state index is 0.176. The summed E-state index contributed by atoms with van der Waals surface area (Å²) in [5.41, 5.74) is 0.869. The van der Waals surface area contributed by atoms with Gasteiger partial charge in [-0.05, 0) is 86.8 Å². The SMILES string of the molecule is O=C1N(CCCN2CCC(c3ccc(C(F)(F)F)cc3)CC2)C(c2ccccc2)=NC1(c1ccccn1)c1ccccn1. The third-order valence-electron chi connectivity index (χ3n) is 8.34. The molecule has 0 atom stereocenters. The maximum atomic E-state index is 14.4. The third kappa shape index (κ3) is 5.82. The van der Waals surface area contributed by atoms with E-state index >= 15 is 0 Å².